The summed E-state index contributed by atoms with van der Waals surface area (Å²) in [4.78, 5) is 27.9. The van der Waals surface area contributed by atoms with Gasteiger partial charge in [-0.25, -0.2) is 4.98 Å². The number of amides is 1. The van der Waals surface area contributed by atoms with Crippen LogP contribution in [0, 0.1) is 19.8 Å². The molecule has 1 aromatic heterocycles. The van der Waals surface area contributed by atoms with Crippen LogP contribution in [0.25, 0.3) is 0 Å². The number of carboxylic acids is 1. The van der Waals surface area contributed by atoms with E-state index in [4.69, 9.17) is 5.11 Å². The predicted molar refractivity (Wildman–Crippen MR) is 67.8 cm³/mol. The topological polar surface area (TPSA) is 79.3 Å². The zero-order valence-electron chi connectivity index (χ0n) is 10.4. The van der Waals surface area contributed by atoms with Gasteiger partial charge < -0.3 is 10.4 Å². The maximum absolute atomic E-state index is 12.0. The fourth-order valence-corrected chi connectivity index (χ4v) is 3.15. The van der Waals surface area contributed by atoms with Gasteiger partial charge in [0.05, 0.1) is 10.9 Å². The largest absolute Gasteiger partial charge is 0.481 e. The summed E-state index contributed by atoms with van der Waals surface area (Å²) >= 11 is 1.49. The molecule has 0 aromatic carbocycles. The highest BCUT2D eigenvalue weighted by atomic mass is 32.1. The van der Waals surface area contributed by atoms with Crippen LogP contribution >= 0.6 is 11.3 Å². The van der Waals surface area contributed by atoms with Crippen molar-refractivity contribution in [2.24, 2.45) is 5.92 Å². The van der Waals surface area contributed by atoms with E-state index in [0.717, 1.165) is 16.3 Å². The third kappa shape index (κ3) is 2.69. The number of aliphatic carboxylic acids is 1. The minimum atomic E-state index is -0.771. The number of nitrogens with zero attached hydrogens (tertiary/aromatic N) is 1. The van der Waals surface area contributed by atoms with Crippen LogP contribution in [0.2, 0.25) is 0 Å². The molecule has 0 aliphatic heterocycles. The van der Waals surface area contributed by atoms with Gasteiger partial charge in [-0.2, -0.15) is 0 Å². The first-order valence-electron chi connectivity index (χ1n) is 5.95. The van der Waals surface area contributed by atoms with Gasteiger partial charge in [-0.05, 0) is 33.1 Å². The molecule has 1 heterocycles. The lowest BCUT2D eigenvalue weighted by Gasteiger charge is -2.11. The molecule has 0 unspecified atom stereocenters. The Morgan fingerprint density at radius 3 is 2.61 bits per heavy atom. The highest BCUT2D eigenvalue weighted by Crippen LogP contribution is 2.26. The Balaban J connectivity index is 1.97. The van der Waals surface area contributed by atoms with Crippen LogP contribution < -0.4 is 5.32 Å². The normalized spacial score (nSPS) is 23.0. The second kappa shape index (κ2) is 5.06. The van der Waals surface area contributed by atoms with Crippen LogP contribution in [0.15, 0.2) is 0 Å². The molecule has 98 valence electrons. The quantitative estimate of drug-likeness (QED) is 0.875. The van der Waals surface area contributed by atoms with Crippen LogP contribution in [-0.4, -0.2) is 28.0 Å². The van der Waals surface area contributed by atoms with Crippen LogP contribution in [-0.2, 0) is 4.79 Å². The van der Waals surface area contributed by atoms with Crippen LogP contribution in [0.3, 0.4) is 0 Å². The summed E-state index contributed by atoms with van der Waals surface area (Å²) in [6, 6.07) is -0.0417. The minimum Gasteiger partial charge on any atom is -0.481 e. The number of aromatic nitrogens is 1. The van der Waals surface area contributed by atoms with Crippen LogP contribution in [0.1, 0.15) is 39.6 Å². The number of thiazole rings is 1. The maximum atomic E-state index is 12.0. The Labute approximate surface area is 109 Å². The molecule has 1 aromatic rings. The van der Waals surface area contributed by atoms with Gasteiger partial charge in [0.1, 0.15) is 5.69 Å². The Hall–Kier alpha value is -1.43. The van der Waals surface area contributed by atoms with Gasteiger partial charge in [-0.15, -0.1) is 11.3 Å². The molecule has 0 saturated heterocycles. The van der Waals surface area contributed by atoms with Crippen molar-refractivity contribution in [3.8, 4) is 0 Å². The van der Waals surface area contributed by atoms with E-state index in [2.05, 4.69) is 10.3 Å². The Morgan fingerprint density at radius 1 is 1.39 bits per heavy atom. The lowest BCUT2D eigenvalue weighted by atomic mass is 10.1. The first kappa shape index (κ1) is 13.0. The summed E-state index contributed by atoms with van der Waals surface area (Å²) in [5, 5.41) is 12.7. The zero-order valence-corrected chi connectivity index (χ0v) is 11.2. The molecule has 0 bridgehead atoms. The Kier molecular flexibility index (Phi) is 3.65. The van der Waals surface area contributed by atoms with Crippen LogP contribution in [0.5, 0.6) is 0 Å². The molecule has 2 N–H and O–H groups in total. The van der Waals surface area contributed by atoms with E-state index >= 15 is 0 Å². The smallest absolute Gasteiger partial charge is 0.306 e. The highest BCUT2D eigenvalue weighted by molar-refractivity contribution is 7.11. The lowest BCUT2D eigenvalue weighted by molar-refractivity contribution is -0.141. The van der Waals surface area contributed by atoms with Gasteiger partial charge in [0.25, 0.3) is 5.91 Å². The number of carbonyl (C=O) groups excluding carboxylic acids is 1. The van der Waals surface area contributed by atoms with Crippen molar-refractivity contribution in [2.75, 3.05) is 0 Å². The van der Waals surface area contributed by atoms with E-state index in [-0.39, 0.29) is 17.9 Å². The summed E-state index contributed by atoms with van der Waals surface area (Å²) in [6.07, 6.45) is 1.88. The number of aryl methyl sites for hydroxylation is 2. The molecule has 18 heavy (non-hydrogen) atoms. The van der Waals surface area contributed by atoms with Crippen molar-refractivity contribution < 1.29 is 14.7 Å². The van der Waals surface area contributed by atoms with Crippen molar-refractivity contribution in [1.82, 2.24) is 10.3 Å². The number of nitrogens with one attached hydrogen (secondary N) is 1. The van der Waals surface area contributed by atoms with Crippen molar-refractivity contribution in [3.63, 3.8) is 0 Å². The molecule has 0 spiro atoms. The standard InChI is InChI=1S/C12H16N2O3S/c1-6-10(13-7(2)18-6)11(15)14-9-4-3-8(5-9)12(16)17/h8-9H,3-5H2,1-2H3,(H,14,15)(H,16,17)/t8-,9+/m0/s1. The maximum Gasteiger partial charge on any atom is 0.306 e. The average molecular weight is 268 g/mol. The van der Waals surface area contributed by atoms with Crippen molar-refractivity contribution >= 4 is 23.2 Å². The number of carbonyl (C=O) groups is 2. The molecular formula is C12H16N2O3S. The van der Waals surface area contributed by atoms with Crippen molar-refractivity contribution in [3.05, 3.63) is 15.6 Å². The predicted octanol–water partition coefficient (Wildman–Crippen LogP) is 1.74. The molecule has 2 rings (SSSR count). The molecule has 1 saturated carbocycles. The average Bonchev–Trinajstić information content (AvgIpc) is 2.85. The van der Waals surface area contributed by atoms with Crippen molar-refractivity contribution in [1.29, 1.82) is 0 Å². The van der Waals surface area contributed by atoms with E-state index in [1.165, 1.54) is 11.3 Å². The fraction of sp³-hybridized carbons (Fsp3) is 0.583. The summed E-state index contributed by atoms with van der Waals surface area (Å²) < 4.78 is 0. The van der Waals surface area contributed by atoms with E-state index in [1.807, 2.05) is 13.8 Å². The summed E-state index contributed by atoms with van der Waals surface area (Å²) in [6.45, 7) is 3.73. The van der Waals surface area contributed by atoms with E-state index in [0.29, 0.717) is 18.5 Å². The van der Waals surface area contributed by atoms with E-state index < -0.39 is 5.97 Å². The van der Waals surface area contributed by atoms with Gasteiger partial charge >= 0.3 is 5.97 Å². The molecule has 1 aliphatic carbocycles. The molecule has 2 atom stereocenters. The minimum absolute atomic E-state index is 0.0417. The molecule has 5 nitrogen and oxygen atoms in total. The first-order valence-corrected chi connectivity index (χ1v) is 6.76. The molecule has 0 radical (unpaired) electrons. The third-order valence-electron chi connectivity index (χ3n) is 3.24. The second-order valence-electron chi connectivity index (χ2n) is 4.66. The Morgan fingerprint density at radius 2 is 2.11 bits per heavy atom. The zero-order chi connectivity index (χ0) is 13.3. The van der Waals surface area contributed by atoms with Gasteiger partial charge in [0.15, 0.2) is 0 Å². The van der Waals surface area contributed by atoms with Gasteiger partial charge in [0, 0.05) is 10.9 Å². The summed E-state index contributed by atoms with van der Waals surface area (Å²) in [7, 11) is 0. The SMILES string of the molecule is Cc1nc(C(=O)N[C@@H]2CC[C@H](C(=O)O)C2)c(C)s1. The third-order valence-corrected chi connectivity index (χ3v) is 4.12. The number of rotatable bonds is 3. The second-order valence-corrected chi connectivity index (χ2v) is 6.06. The molecule has 1 amide bonds. The van der Waals surface area contributed by atoms with Gasteiger partial charge in [-0.1, -0.05) is 0 Å². The van der Waals surface area contributed by atoms with Gasteiger partial charge in [-0.3, -0.25) is 9.59 Å². The fourth-order valence-electron chi connectivity index (χ4n) is 2.33. The van der Waals surface area contributed by atoms with Gasteiger partial charge in [0.2, 0.25) is 0 Å². The summed E-state index contributed by atoms with van der Waals surface area (Å²) in [5.74, 6) is -1.28. The molecule has 1 fully saturated rings. The van der Waals surface area contributed by atoms with Crippen LogP contribution in [0.4, 0.5) is 0 Å². The highest BCUT2D eigenvalue weighted by Gasteiger charge is 2.31. The number of hydrogen-bond acceptors (Lipinski definition) is 4. The number of carboxylic acid groups (broad SMARTS) is 1. The molecular weight excluding hydrogens is 252 g/mol. The van der Waals surface area contributed by atoms with E-state index in [1.54, 1.807) is 0 Å². The van der Waals surface area contributed by atoms with Crippen molar-refractivity contribution in [2.45, 2.75) is 39.2 Å². The first-order chi connectivity index (χ1) is 8.47. The molecule has 1 aliphatic rings. The Bertz CT molecular complexity index is 484. The number of hydrogen-bond donors (Lipinski definition) is 2. The monoisotopic (exact) mass is 268 g/mol. The summed E-state index contributed by atoms with van der Waals surface area (Å²) in [5.41, 5.74) is 0.469. The molecule has 6 heteroatoms. The van der Waals surface area contributed by atoms with E-state index in [9.17, 15) is 9.59 Å². The lowest BCUT2D eigenvalue weighted by Crippen LogP contribution is -2.33.